The van der Waals surface area contributed by atoms with Crippen LogP contribution in [0.3, 0.4) is 0 Å². The van der Waals surface area contributed by atoms with Gasteiger partial charge in [-0.25, -0.2) is 14.6 Å². The van der Waals surface area contributed by atoms with E-state index in [0.29, 0.717) is 0 Å². The molecule has 0 radical (unpaired) electrons. The number of anilines is 1. The van der Waals surface area contributed by atoms with Crippen LogP contribution < -0.4 is 4.90 Å². The van der Waals surface area contributed by atoms with Crippen LogP contribution in [0.2, 0.25) is 0 Å². The maximum atomic E-state index is 5.08. The molecular formula is C29H26N6. The molecule has 0 amide bonds. The predicted octanol–water partition coefficient (Wildman–Crippen LogP) is 6.31. The van der Waals surface area contributed by atoms with E-state index in [1.54, 1.807) is 0 Å². The fourth-order valence-electron chi connectivity index (χ4n) is 4.76. The molecule has 35 heavy (non-hydrogen) atoms. The van der Waals surface area contributed by atoms with Crippen LogP contribution in [0.4, 0.5) is 5.69 Å². The summed E-state index contributed by atoms with van der Waals surface area (Å²) >= 11 is 0. The fraction of sp³-hybridized carbons (Fsp3) is 0.138. The van der Waals surface area contributed by atoms with Crippen LogP contribution in [0, 0.1) is 13.8 Å². The van der Waals surface area contributed by atoms with Gasteiger partial charge in [0.2, 0.25) is 0 Å². The summed E-state index contributed by atoms with van der Waals surface area (Å²) in [7, 11) is 4.11. The van der Waals surface area contributed by atoms with Crippen molar-refractivity contribution >= 4 is 27.8 Å². The molecule has 3 heterocycles. The lowest BCUT2D eigenvalue weighted by atomic mass is 9.94. The molecule has 6 rings (SSSR count). The molecule has 0 aliphatic rings. The molecule has 3 aromatic heterocycles. The minimum Gasteiger partial charge on any atom is -0.378 e. The number of hydrogen-bond acceptors (Lipinski definition) is 4. The number of rotatable bonds is 4. The van der Waals surface area contributed by atoms with Gasteiger partial charge in [-0.3, -0.25) is 0 Å². The number of aromatic nitrogens is 5. The number of aromatic amines is 1. The molecule has 3 aromatic carbocycles. The van der Waals surface area contributed by atoms with Crippen molar-refractivity contribution in [2.75, 3.05) is 19.0 Å². The molecule has 0 aliphatic carbocycles. The third kappa shape index (κ3) is 3.46. The molecule has 0 spiro atoms. The molecule has 1 N–H and O–H groups in total. The van der Waals surface area contributed by atoms with Crippen molar-refractivity contribution in [3.63, 3.8) is 0 Å². The first-order chi connectivity index (χ1) is 17.0. The highest BCUT2D eigenvalue weighted by atomic mass is 15.3. The van der Waals surface area contributed by atoms with Gasteiger partial charge in [-0.2, -0.15) is 5.10 Å². The lowest BCUT2D eigenvalue weighted by Crippen LogP contribution is -2.08. The van der Waals surface area contributed by atoms with Crippen molar-refractivity contribution in [3.8, 4) is 28.2 Å². The van der Waals surface area contributed by atoms with Crippen molar-refractivity contribution in [2.24, 2.45) is 0 Å². The van der Waals surface area contributed by atoms with Crippen LogP contribution in [0.5, 0.6) is 0 Å². The summed E-state index contributed by atoms with van der Waals surface area (Å²) in [5.41, 5.74) is 9.97. The van der Waals surface area contributed by atoms with Gasteiger partial charge < -0.3 is 9.88 Å². The predicted molar refractivity (Wildman–Crippen MR) is 143 cm³/mol. The molecule has 172 valence electrons. The van der Waals surface area contributed by atoms with E-state index in [-0.39, 0.29) is 0 Å². The number of nitrogens with zero attached hydrogens (tertiary/aromatic N) is 5. The van der Waals surface area contributed by atoms with Crippen molar-refractivity contribution in [1.82, 2.24) is 24.7 Å². The Kier molecular flexibility index (Phi) is 4.88. The normalized spacial score (nSPS) is 11.4. The molecule has 0 saturated heterocycles. The second-order valence-corrected chi connectivity index (χ2v) is 9.02. The van der Waals surface area contributed by atoms with Crippen molar-refractivity contribution in [2.45, 2.75) is 13.8 Å². The van der Waals surface area contributed by atoms with E-state index in [1.807, 2.05) is 41.1 Å². The van der Waals surface area contributed by atoms with E-state index in [1.165, 1.54) is 0 Å². The van der Waals surface area contributed by atoms with Gasteiger partial charge in [0, 0.05) is 30.9 Å². The maximum Gasteiger partial charge on any atom is 0.164 e. The second kappa shape index (κ2) is 8.09. The second-order valence-electron chi connectivity index (χ2n) is 9.02. The number of fused-ring (bicyclic) bond motifs is 2. The number of benzene rings is 3. The van der Waals surface area contributed by atoms with E-state index in [9.17, 15) is 0 Å². The van der Waals surface area contributed by atoms with Gasteiger partial charge in [0.1, 0.15) is 5.82 Å². The van der Waals surface area contributed by atoms with E-state index in [4.69, 9.17) is 15.1 Å². The molecule has 0 unspecified atom stereocenters. The lowest BCUT2D eigenvalue weighted by molar-refractivity contribution is 0.875. The average Bonchev–Trinajstić information content (AvgIpc) is 3.44. The Balaban J connectivity index is 1.70. The largest absolute Gasteiger partial charge is 0.378 e. The average molecular weight is 459 g/mol. The zero-order valence-electron chi connectivity index (χ0n) is 20.2. The fourth-order valence-corrected chi connectivity index (χ4v) is 4.76. The Labute approximate surface area is 203 Å². The monoisotopic (exact) mass is 458 g/mol. The summed E-state index contributed by atoms with van der Waals surface area (Å²) in [6.45, 7) is 4.11. The SMILES string of the molecule is Cc1nc2c(c(C)nn2-c2ccccc2)c(-c2ccc(N(C)C)cc2)c1-c1nc2ccccc2[nH]1. The molecule has 0 fully saturated rings. The lowest BCUT2D eigenvalue weighted by Gasteiger charge is -2.16. The van der Waals surface area contributed by atoms with Crippen LogP contribution in [0.15, 0.2) is 78.9 Å². The zero-order valence-corrected chi connectivity index (χ0v) is 20.2. The molecule has 0 saturated carbocycles. The number of nitrogens with one attached hydrogen (secondary N) is 1. The maximum absolute atomic E-state index is 5.08. The third-order valence-corrected chi connectivity index (χ3v) is 6.47. The highest BCUT2D eigenvalue weighted by molar-refractivity contribution is 6.03. The van der Waals surface area contributed by atoms with Crippen LogP contribution in [-0.4, -0.2) is 38.8 Å². The van der Waals surface area contributed by atoms with Crippen LogP contribution in [0.1, 0.15) is 11.4 Å². The van der Waals surface area contributed by atoms with Gasteiger partial charge in [0.15, 0.2) is 5.65 Å². The first-order valence-corrected chi connectivity index (χ1v) is 11.7. The molecule has 6 nitrogen and oxygen atoms in total. The topological polar surface area (TPSA) is 62.6 Å². The summed E-state index contributed by atoms with van der Waals surface area (Å²) in [4.78, 5) is 15.7. The Morgan fingerprint density at radius 3 is 2.17 bits per heavy atom. The summed E-state index contributed by atoms with van der Waals surface area (Å²) in [5, 5.41) is 5.96. The summed E-state index contributed by atoms with van der Waals surface area (Å²) in [6.07, 6.45) is 0. The molecule has 6 aromatic rings. The van der Waals surface area contributed by atoms with Crippen molar-refractivity contribution in [1.29, 1.82) is 0 Å². The van der Waals surface area contributed by atoms with Gasteiger partial charge >= 0.3 is 0 Å². The Hall–Kier alpha value is -4.45. The number of para-hydroxylation sites is 3. The molecule has 0 atom stereocenters. The summed E-state index contributed by atoms with van der Waals surface area (Å²) in [6, 6.07) is 26.9. The van der Waals surface area contributed by atoms with E-state index >= 15 is 0 Å². The van der Waals surface area contributed by atoms with Gasteiger partial charge in [-0.1, -0.05) is 42.5 Å². The van der Waals surface area contributed by atoms with E-state index in [2.05, 4.69) is 80.3 Å². The van der Waals surface area contributed by atoms with E-state index in [0.717, 1.165) is 67.3 Å². The first-order valence-electron chi connectivity index (χ1n) is 11.7. The summed E-state index contributed by atoms with van der Waals surface area (Å²) < 4.78 is 1.94. The number of pyridine rings is 1. The van der Waals surface area contributed by atoms with Crippen LogP contribution in [0.25, 0.3) is 50.3 Å². The van der Waals surface area contributed by atoms with E-state index < -0.39 is 0 Å². The molecule has 0 aliphatic heterocycles. The van der Waals surface area contributed by atoms with Crippen molar-refractivity contribution in [3.05, 3.63) is 90.3 Å². The highest BCUT2D eigenvalue weighted by Gasteiger charge is 2.24. The smallest absolute Gasteiger partial charge is 0.164 e. The first kappa shape index (κ1) is 21.1. The Bertz CT molecular complexity index is 1640. The van der Waals surface area contributed by atoms with Crippen LogP contribution in [-0.2, 0) is 0 Å². The van der Waals surface area contributed by atoms with Crippen LogP contribution >= 0.6 is 0 Å². The highest BCUT2D eigenvalue weighted by Crippen LogP contribution is 2.41. The number of imidazole rings is 1. The standard InChI is InChI=1S/C29H26N6/c1-18-25(28-31-23-12-8-9-13-24(23)32-28)27(20-14-16-21(17-15-20)34(3)4)26-19(2)33-35(29(26)30-18)22-10-6-5-7-11-22/h5-17H,1-4H3,(H,31,32). The summed E-state index contributed by atoms with van der Waals surface area (Å²) in [5.74, 6) is 0.816. The minimum atomic E-state index is 0.816. The Morgan fingerprint density at radius 1 is 0.743 bits per heavy atom. The van der Waals surface area contributed by atoms with Gasteiger partial charge in [0.25, 0.3) is 0 Å². The minimum absolute atomic E-state index is 0.816. The van der Waals surface area contributed by atoms with Gasteiger partial charge in [-0.05, 0) is 55.8 Å². The zero-order chi connectivity index (χ0) is 24.1. The van der Waals surface area contributed by atoms with Crippen molar-refractivity contribution < 1.29 is 0 Å². The van der Waals surface area contributed by atoms with Gasteiger partial charge in [0.05, 0.1) is 33.5 Å². The van der Waals surface area contributed by atoms with Gasteiger partial charge in [-0.15, -0.1) is 0 Å². The number of aryl methyl sites for hydroxylation is 2. The number of hydrogen-bond donors (Lipinski definition) is 1. The Morgan fingerprint density at radius 2 is 1.46 bits per heavy atom. The molecular weight excluding hydrogens is 432 g/mol. The molecule has 0 bridgehead atoms. The molecule has 6 heteroatoms. The quantitative estimate of drug-likeness (QED) is 0.336. The third-order valence-electron chi connectivity index (χ3n) is 6.47. The number of H-pyrrole nitrogens is 1.